The lowest BCUT2D eigenvalue weighted by atomic mass is 10.1. The van der Waals surface area contributed by atoms with Crippen molar-refractivity contribution in [3.8, 4) is 5.69 Å². The van der Waals surface area contributed by atoms with Crippen LogP contribution >= 0.6 is 23.4 Å². The van der Waals surface area contributed by atoms with E-state index >= 15 is 0 Å². The van der Waals surface area contributed by atoms with Gasteiger partial charge in [0.1, 0.15) is 0 Å². The lowest BCUT2D eigenvalue weighted by Crippen LogP contribution is -2.21. The summed E-state index contributed by atoms with van der Waals surface area (Å²) >= 11 is 7.34. The Morgan fingerprint density at radius 3 is 2.59 bits per heavy atom. The van der Waals surface area contributed by atoms with Crippen molar-refractivity contribution in [2.24, 2.45) is 0 Å². The molecule has 0 saturated carbocycles. The van der Waals surface area contributed by atoms with Gasteiger partial charge in [0.2, 0.25) is 5.65 Å². The van der Waals surface area contributed by atoms with Gasteiger partial charge in [-0.05, 0) is 31.5 Å². The molecule has 0 aliphatic heterocycles. The number of hydrogen-bond donors (Lipinski definition) is 0. The number of ketones is 1. The van der Waals surface area contributed by atoms with Gasteiger partial charge in [-0.15, -0.1) is 10.2 Å². The maximum atomic E-state index is 12.9. The maximum Gasteiger partial charge on any atom is 0.300 e. The summed E-state index contributed by atoms with van der Waals surface area (Å²) in [4.78, 5) is 25.3. The highest BCUT2D eigenvalue weighted by molar-refractivity contribution is 7.99. The summed E-state index contributed by atoms with van der Waals surface area (Å²) < 4.78 is 3.10. The van der Waals surface area contributed by atoms with Gasteiger partial charge in [0.15, 0.2) is 10.9 Å². The number of aromatic nitrogens is 4. The van der Waals surface area contributed by atoms with Crippen LogP contribution in [-0.2, 0) is 0 Å². The minimum absolute atomic E-state index is 0.00496. The van der Waals surface area contributed by atoms with Crippen molar-refractivity contribution < 1.29 is 4.79 Å². The molecule has 0 atom stereocenters. The van der Waals surface area contributed by atoms with Crippen molar-refractivity contribution in [3.05, 3.63) is 86.9 Å². The molecule has 0 bridgehead atoms. The molecule has 4 aromatic rings. The molecular formula is C21H17ClN4O2S. The van der Waals surface area contributed by atoms with E-state index in [9.17, 15) is 9.59 Å². The molecule has 2 aromatic carbocycles. The second kappa shape index (κ2) is 7.85. The van der Waals surface area contributed by atoms with Crippen molar-refractivity contribution in [3.63, 3.8) is 0 Å². The van der Waals surface area contributed by atoms with E-state index in [4.69, 9.17) is 11.6 Å². The Labute approximate surface area is 176 Å². The number of rotatable bonds is 5. The topological polar surface area (TPSA) is 69.3 Å². The Hall–Kier alpha value is -2.90. The van der Waals surface area contributed by atoms with Crippen molar-refractivity contribution in [1.29, 1.82) is 0 Å². The van der Waals surface area contributed by atoms with Crippen molar-refractivity contribution in [2.45, 2.75) is 19.0 Å². The van der Waals surface area contributed by atoms with Crippen molar-refractivity contribution >= 4 is 34.8 Å². The zero-order chi connectivity index (χ0) is 20.5. The number of benzene rings is 2. The van der Waals surface area contributed by atoms with E-state index in [-0.39, 0.29) is 22.7 Å². The van der Waals surface area contributed by atoms with Crippen LogP contribution in [0.5, 0.6) is 0 Å². The summed E-state index contributed by atoms with van der Waals surface area (Å²) in [6, 6.07) is 12.8. The molecule has 0 saturated heterocycles. The van der Waals surface area contributed by atoms with E-state index in [1.807, 2.05) is 44.2 Å². The zero-order valence-corrected chi connectivity index (χ0v) is 17.4. The predicted octanol–water partition coefficient (Wildman–Crippen LogP) is 4.13. The fourth-order valence-electron chi connectivity index (χ4n) is 2.95. The van der Waals surface area contributed by atoms with Crippen LogP contribution in [0.3, 0.4) is 0 Å². The molecule has 0 fully saturated rings. The molecule has 0 spiro atoms. The van der Waals surface area contributed by atoms with E-state index in [2.05, 4.69) is 10.2 Å². The highest BCUT2D eigenvalue weighted by atomic mass is 35.5. The number of fused-ring (bicyclic) bond motifs is 1. The molecule has 0 aliphatic rings. The number of halogens is 1. The van der Waals surface area contributed by atoms with Crippen LogP contribution < -0.4 is 5.56 Å². The first-order chi connectivity index (χ1) is 13.9. The average molecular weight is 425 g/mol. The zero-order valence-electron chi connectivity index (χ0n) is 15.8. The molecule has 8 heteroatoms. The molecule has 0 radical (unpaired) electrons. The quantitative estimate of drug-likeness (QED) is 0.356. The number of nitrogens with zero attached hydrogens (tertiary/aromatic N) is 4. The fraction of sp³-hybridized carbons (Fsp3) is 0.143. The van der Waals surface area contributed by atoms with Crippen LogP contribution in [0.2, 0.25) is 5.02 Å². The van der Waals surface area contributed by atoms with Crippen molar-refractivity contribution in [1.82, 2.24) is 19.2 Å². The molecule has 6 nitrogen and oxygen atoms in total. The predicted molar refractivity (Wildman–Crippen MR) is 115 cm³/mol. The number of hydrogen-bond acceptors (Lipinski definition) is 5. The van der Waals surface area contributed by atoms with Crippen LogP contribution in [0.1, 0.15) is 21.5 Å². The lowest BCUT2D eigenvalue weighted by molar-refractivity contribution is 0.102. The van der Waals surface area contributed by atoms with E-state index in [0.29, 0.717) is 21.4 Å². The summed E-state index contributed by atoms with van der Waals surface area (Å²) in [5.74, 6) is 0.204. The van der Waals surface area contributed by atoms with Crippen LogP contribution in [0.15, 0.2) is 64.8 Å². The van der Waals surface area contributed by atoms with Crippen LogP contribution in [-0.4, -0.2) is 30.7 Å². The van der Waals surface area contributed by atoms with Gasteiger partial charge in [0.25, 0.3) is 0 Å². The second-order valence-electron chi connectivity index (χ2n) is 6.66. The van der Waals surface area contributed by atoms with Gasteiger partial charge in [-0.25, -0.2) is 0 Å². The maximum absolute atomic E-state index is 12.9. The van der Waals surface area contributed by atoms with Gasteiger partial charge in [-0.1, -0.05) is 59.3 Å². The van der Waals surface area contributed by atoms with Crippen LogP contribution in [0.25, 0.3) is 11.3 Å². The van der Waals surface area contributed by atoms with Gasteiger partial charge >= 0.3 is 5.56 Å². The molecule has 4 rings (SSSR count). The third-order valence-corrected chi connectivity index (χ3v) is 5.75. The lowest BCUT2D eigenvalue weighted by Gasteiger charge is -2.10. The highest BCUT2D eigenvalue weighted by Gasteiger charge is 2.15. The molecule has 0 aliphatic carbocycles. The number of carbonyl (C=O) groups is 1. The normalized spacial score (nSPS) is 11.1. The van der Waals surface area contributed by atoms with E-state index in [1.165, 1.54) is 16.3 Å². The van der Waals surface area contributed by atoms with E-state index in [0.717, 1.165) is 11.1 Å². The van der Waals surface area contributed by atoms with Crippen LogP contribution in [0.4, 0.5) is 0 Å². The van der Waals surface area contributed by atoms with E-state index in [1.54, 1.807) is 28.9 Å². The minimum Gasteiger partial charge on any atom is -0.293 e. The summed E-state index contributed by atoms with van der Waals surface area (Å²) in [7, 11) is 0. The Kier molecular flexibility index (Phi) is 5.25. The fourth-order valence-corrected chi connectivity index (χ4v) is 3.93. The van der Waals surface area contributed by atoms with Crippen LogP contribution in [0, 0.1) is 13.8 Å². The largest absolute Gasteiger partial charge is 0.300 e. The van der Waals surface area contributed by atoms with Crippen molar-refractivity contribution in [2.75, 3.05) is 5.75 Å². The minimum atomic E-state index is -0.304. The average Bonchev–Trinajstić information content (AvgIpc) is 3.13. The van der Waals surface area contributed by atoms with Gasteiger partial charge in [0, 0.05) is 23.0 Å². The van der Waals surface area contributed by atoms with E-state index < -0.39 is 0 Å². The summed E-state index contributed by atoms with van der Waals surface area (Å²) in [6.45, 7) is 3.88. The Bertz CT molecular complexity index is 1280. The smallest absolute Gasteiger partial charge is 0.293 e. The first kappa shape index (κ1) is 19.4. The summed E-state index contributed by atoms with van der Waals surface area (Å²) in [6.07, 6.45) is 3.37. The highest BCUT2D eigenvalue weighted by Crippen LogP contribution is 2.20. The Morgan fingerprint density at radius 1 is 1.07 bits per heavy atom. The van der Waals surface area contributed by atoms with Gasteiger partial charge in [-0.3, -0.25) is 18.6 Å². The van der Waals surface area contributed by atoms with Gasteiger partial charge in [-0.2, -0.15) is 0 Å². The molecule has 2 aromatic heterocycles. The number of carbonyl (C=O) groups excluding carboxylic acids is 1. The molecule has 146 valence electrons. The third-order valence-electron chi connectivity index (χ3n) is 4.58. The van der Waals surface area contributed by atoms with Gasteiger partial charge < -0.3 is 0 Å². The second-order valence-corrected chi connectivity index (χ2v) is 8.04. The molecule has 2 heterocycles. The summed E-state index contributed by atoms with van der Waals surface area (Å²) in [5.41, 5.74) is 3.24. The first-order valence-corrected chi connectivity index (χ1v) is 10.3. The molecule has 0 unspecified atom stereocenters. The number of thioether (sulfide) groups is 1. The number of aryl methyl sites for hydroxylation is 2. The first-order valence-electron chi connectivity index (χ1n) is 8.89. The summed E-state index contributed by atoms with van der Waals surface area (Å²) in [5, 5.41) is 9.17. The monoisotopic (exact) mass is 424 g/mol. The third kappa shape index (κ3) is 3.83. The SMILES string of the molecule is Cc1ccc(C(=O)CSc2nnc3c(=O)n(-c4cc(Cl)ccc4C)ccn23)cc1. The van der Waals surface area contributed by atoms with Gasteiger partial charge in [0.05, 0.1) is 11.4 Å². The molecular weight excluding hydrogens is 408 g/mol. The molecule has 0 amide bonds. The Balaban J connectivity index is 1.62. The number of Topliss-reactive ketones (excluding diaryl/α,β-unsaturated/α-hetero) is 1. The standard InChI is InChI=1S/C21H17ClN4O2S/c1-13-3-6-15(7-4-13)18(27)12-29-21-24-23-19-20(28)25(9-10-26(19)21)17-11-16(22)8-5-14(17)2/h3-11H,12H2,1-2H3. The molecule has 0 N–H and O–H groups in total. The Morgan fingerprint density at radius 2 is 1.83 bits per heavy atom. The molecule has 29 heavy (non-hydrogen) atoms.